The summed E-state index contributed by atoms with van der Waals surface area (Å²) in [6.45, 7) is 2.47. The molecule has 1 aromatic carbocycles. The summed E-state index contributed by atoms with van der Waals surface area (Å²) in [5, 5.41) is 0. The molecule has 110 valence electrons. The highest BCUT2D eigenvalue weighted by atomic mass is 16.5. The molecule has 0 radical (unpaired) electrons. The van der Waals surface area contributed by atoms with Crippen LogP contribution in [0.5, 0.6) is 5.75 Å². The Morgan fingerprint density at radius 3 is 2.65 bits per heavy atom. The molecule has 0 heterocycles. The van der Waals surface area contributed by atoms with Gasteiger partial charge in [0.25, 0.3) is 0 Å². The van der Waals surface area contributed by atoms with Crippen LogP contribution in [-0.2, 0) is 14.3 Å². The number of carbonyl (C=O) groups is 2. The van der Waals surface area contributed by atoms with Gasteiger partial charge in [-0.25, -0.2) is 4.79 Å². The van der Waals surface area contributed by atoms with E-state index in [-0.39, 0.29) is 19.0 Å². The summed E-state index contributed by atoms with van der Waals surface area (Å²) in [5.74, 6) is -0.305. The van der Waals surface area contributed by atoms with E-state index < -0.39 is 5.97 Å². The van der Waals surface area contributed by atoms with Crippen molar-refractivity contribution < 1.29 is 23.8 Å². The zero-order valence-electron chi connectivity index (χ0n) is 11.7. The number of methoxy groups -OCH3 is 1. The molecular weight excluding hydrogens is 262 g/mol. The lowest BCUT2D eigenvalue weighted by molar-refractivity contribution is -0.140. The Morgan fingerprint density at radius 2 is 2.00 bits per heavy atom. The molecule has 0 amide bonds. The Labute approximate surface area is 117 Å². The zero-order chi connectivity index (χ0) is 15.0. The molecule has 6 nitrogen and oxygen atoms in total. The first-order valence-electron chi connectivity index (χ1n) is 6.34. The van der Waals surface area contributed by atoms with Crippen molar-refractivity contribution in [3.8, 4) is 5.75 Å². The SMILES string of the molecule is CCOc1cc(N)cc(C(=O)OCCCC(=O)OC)c1. The molecular formula is C14H19NO5. The fourth-order valence-electron chi connectivity index (χ4n) is 1.56. The fraction of sp³-hybridized carbons (Fsp3) is 0.429. The van der Waals surface area contributed by atoms with Crippen molar-refractivity contribution in [1.82, 2.24) is 0 Å². The number of rotatable bonds is 7. The summed E-state index contributed by atoms with van der Waals surface area (Å²) in [5.41, 5.74) is 6.44. The summed E-state index contributed by atoms with van der Waals surface area (Å²) in [6, 6.07) is 4.73. The van der Waals surface area contributed by atoms with Crippen LogP contribution in [0.3, 0.4) is 0 Å². The maximum atomic E-state index is 11.8. The molecule has 0 bridgehead atoms. The first kappa shape index (κ1) is 15.8. The maximum Gasteiger partial charge on any atom is 0.338 e. The monoisotopic (exact) mass is 281 g/mol. The highest BCUT2D eigenvalue weighted by Gasteiger charge is 2.10. The van der Waals surface area contributed by atoms with E-state index in [1.54, 1.807) is 12.1 Å². The van der Waals surface area contributed by atoms with Crippen LogP contribution in [-0.4, -0.2) is 32.3 Å². The molecule has 2 N–H and O–H groups in total. The van der Waals surface area contributed by atoms with Gasteiger partial charge in [-0.3, -0.25) is 4.79 Å². The molecule has 0 aliphatic heterocycles. The number of anilines is 1. The number of benzene rings is 1. The van der Waals surface area contributed by atoms with Gasteiger partial charge in [-0.05, 0) is 25.5 Å². The first-order chi connectivity index (χ1) is 9.56. The third-order valence-corrected chi connectivity index (χ3v) is 2.46. The minimum Gasteiger partial charge on any atom is -0.494 e. The Balaban J connectivity index is 2.52. The molecule has 0 saturated carbocycles. The van der Waals surface area contributed by atoms with Crippen molar-refractivity contribution >= 4 is 17.6 Å². The van der Waals surface area contributed by atoms with E-state index >= 15 is 0 Å². The van der Waals surface area contributed by atoms with Crippen LogP contribution in [0, 0.1) is 0 Å². The van der Waals surface area contributed by atoms with Gasteiger partial charge in [-0.15, -0.1) is 0 Å². The average molecular weight is 281 g/mol. The van der Waals surface area contributed by atoms with E-state index in [0.29, 0.717) is 30.0 Å². The third-order valence-electron chi connectivity index (χ3n) is 2.46. The number of nitrogens with two attached hydrogens (primary N) is 1. The zero-order valence-corrected chi connectivity index (χ0v) is 11.7. The number of hydrogen-bond donors (Lipinski definition) is 1. The minimum absolute atomic E-state index is 0.146. The molecule has 0 unspecified atom stereocenters. The van der Waals surface area contributed by atoms with Gasteiger partial charge in [0.1, 0.15) is 5.75 Å². The van der Waals surface area contributed by atoms with Gasteiger partial charge in [0.15, 0.2) is 0 Å². The van der Waals surface area contributed by atoms with Gasteiger partial charge in [0, 0.05) is 18.2 Å². The molecule has 20 heavy (non-hydrogen) atoms. The summed E-state index contributed by atoms with van der Waals surface area (Å²) in [4.78, 5) is 22.7. The summed E-state index contributed by atoms with van der Waals surface area (Å²) >= 11 is 0. The molecule has 0 aromatic heterocycles. The number of carbonyl (C=O) groups excluding carboxylic acids is 2. The Morgan fingerprint density at radius 1 is 1.25 bits per heavy atom. The molecule has 1 rings (SSSR count). The van der Waals surface area contributed by atoms with Crippen LogP contribution in [0.1, 0.15) is 30.1 Å². The van der Waals surface area contributed by atoms with E-state index in [2.05, 4.69) is 4.74 Å². The Kier molecular flexibility index (Phi) is 6.36. The highest BCUT2D eigenvalue weighted by molar-refractivity contribution is 5.91. The van der Waals surface area contributed by atoms with E-state index in [0.717, 1.165) is 0 Å². The standard InChI is InChI=1S/C14H19NO5/c1-3-19-12-8-10(7-11(15)9-12)14(17)20-6-4-5-13(16)18-2/h7-9H,3-6,15H2,1-2H3. The lowest BCUT2D eigenvalue weighted by Gasteiger charge is -2.08. The minimum atomic E-state index is -0.497. The van der Waals surface area contributed by atoms with Gasteiger partial charge < -0.3 is 19.9 Å². The Hall–Kier alpha value is -2.24. The third kappa shape index (κ3) is 5.17. The average Bonchev–Trinajstić information content (AvgIpc) is 2.42. The second-order valence-corrected chi connectivity index (χ2v) is 4.04. The lowest BCUT2D eigenvalue weighted by atomic mass is 10.2. The maximum absolute atomic E-state index is 11.8. The Bertz CT molecular complexity index is 473. The molecule has 0 aliphatic rings. The second kappa shape index (κ2) is 8.04. The molecule has 6 heteroatoms. The predicted molar refractivity (Wildman–Crippen MR) is 73.6 cm³/mol. The highest BCUT2D eigenvalue weighted by Crippen LogP contribution is 2.19. The molecule has 0 spiro atoms. The number of hydrogen-bond acceptors (Lipinski definition) is 6. The molecule has 0 aliphatic carbocycles. The lowest BCUT2D eigenvalue weighted by Crippen LogP contribution is -2.09. The smallest absolute Gasteiger partial charge is 0.338 e. The molecule has 0 fully saturated rings. The van der Waals surface area contributed by atoms with Gasteiger partial charge in [-0.2, -0.15) is 0 Å². The van der Waals surface area contributed by atoms with E-state index in [4.69, 9.17) is 15.2 Å². The molecule has 0 atom stereocenters. The van der Waals surface area contributed by atoms with E-state index in [1.807, 2.05) is 6.92 Å². The summed E-state index contributed by atoms with van der Waals surface area (Å²) < 4.78 is 14.8. The fourth-order valence-corrected chi connectivity index (χ4v) is 1.56. The van der Waals surface area contributed by atoms with Crippen LogP contribution in [0.15, 0.2) is 18.2 Å². The molecule has 1 aromatic rings. The second-order valence-electron chi connectivity index (χ2n) is 4.04. The van der Waals surface area contributed by atoms with Gasteiger partial charge in [-0.1, -0.05) is 0 Å². The largest absolute Gasteiger partial charge is 0.494 e. The van der Waals surface area contributed by atoms with Crippen molar-refractivity contribution in [2.24, 2.45) is 0 Å². The number of esters is 2. The van der Waals surface area contributed by atoms with Crippen molar-refractivity contribution in [3.63, 3.8) is 0 Å². The van der Waals surface area contributed by atoms with Crippen LogP contribution in [0.2, 0.25) is 0 Å². The molecule has 0 saturated heterocycles. The van der Waals surface area contributed by atoms with Crippen molar-refractivity contribution in [3.05, 3.63) is 23.8 Å². The topological polar surface area (TPSA) is 87.9 Å². The van der Waals surface area contributed by atoms with Crippen LogP contribution < -0.4 is 10.5 Å². The predicted octanol–water partition coefficient (Wildman–Crippen LogP) is 1.78. The summed E-state index contributed by atoms with van der Waals surface area (Å²) in [7, 11) is 1.32. The van der Waals surface area contributed by atoms with Crippen molar-refractivity contribution in [2.75, 3.05) is 26.1 Å². The quantitative estimate of drug-likeness (QED) is 0.465. The van der Waals surface area contributed by atoms with E-state index in [1.165, 1.54) is 13.2 Å². The van der Waals surface area contributed by atoms with Crippen LogP contribution >= 0.6 is 0 Å². The number of ether oxygens (including phenoxy) is 3. The summed E-state index contributed by atoms with van der Waals surface area (Å²) in [6.07, 6.45) is 0.629. The van der Waals surface area contributed by atoms with Gasteiger partial charge >= 0.3 is 11.9 Å². The normalized spacial score (nSPS) is 9.90. The van der Waals surface area contributed by atoms with Crippen LogP contribution in [0.4, 0.5) is 5.69 Å². The van der Waals surface area contributed by atoms with Crippen molar-refractivity contribution in [2.45, 2.75) is 19.8 Å². The van der Waals surface area contributed by atoms with Crippen molar-refractivity contribution in [1.29, 1.82) is 0 Å². The van der Waals surface area contributed by atoms with Crippen LogP contribution in [0.25, 0.3) is 0 Å². The van der Waals surface area contributed by atoms with Gasteiger partial charge in [0.2, 0.25) is 0 Å². The number of nitrogen functional groups attached to an aromatic ring is 1. The van der Waals surface area contributed by atoms with E-state index in [9.17, 15) is 9.59 Å². The first-order valence-corrected chi connectivity index (χ1v) is 6.34. The van der Waals surface area contributed by atoms with Gasteiger partial charge in [0.05, 0.1) is 25.9 Å².